The van der Waals surface area contributed by atoms with Crippen LogP contribution in [-0.4, -0.2) is 39.3 Å². The Kier molecular flexibility index (Phi) is 4.40. The molecule has 0 spiro atoms. The zero-order chi connectivity index (χ0) is 12.9. The van der Waals surface area contributed by atoms with Crippen molar-refractivity contribution in [2.75, 3.05) is 6.54 Å². The molecule has 3 unspecified atom stereocenters. The van der Waals surface area contributed by atoms with Crippen molar-refractivity contribution in [2.45, 2.75) is 63.6 Å². The van der Waals surface area contributed by atoms with Crippen LogP contribution < -0.4 is 10.6 Å². The summed E-state index contributed by atoms with van der Waals surface area (Å²) in [6.07, 6.45) is 9.40. The Morgan fingerprint density at radius 2 is 2.00 bits per heavy atom. The summed E-state index contributed by atoms with van der Waals surface area (Å²) in [5.41, 5.74) is 0. The summed E-state index contributed by atoms with van der Waals surface area (Å²) >= 11 is 0. The van der Waals surface area contributed by atoms with Gasteiger partial charge in [-0.15, -0.1) is 10.2 Å². The van der Waals surface area contributed by atoms with Crippen LogP contribution in [0.2, 0.25) is 0 Å². The van der Waals surface area contributed by atoms with Gasteiger partial charge in [-0.25, -0.2) is 0 Å². The molecule has 3 rings (SSSR count). The van der Waals surface area contributed by atoms with Crippen LogP contribution in [0.3, 0.4) is 0 Å². The number of tetrazole rings is 1. The maximum absolute atomic E-state index is 4.01. The second-order valence-corrected chi connectivity index (χ2v) is 5.82. The smallest absolute Gasteiger partial charge is 0.188 e. The fourth-order valence-electron chi connectivity index (χ4n) is 3.62. The first-order valence-corrected chi connectivity index (χ1v) is 7.62. The van der Waals surface area contributed by atoms with Crippen molar-refractivity contribution in [3.05, 3.63) is 5.82 Å². The zero-order valence-electron chi connectivity index (χ0n) is 11.4. The van der Waals surface area contributed by atoms with Crippen LogP contribution >= 0.6 is 0 Å². The molecule has 0 amide bonds. The maximum Gasteiger partial charge on any atom is 0.188 e. The predicted molar refractivity (Wildman–Crippen MR) is 72.4 cm³/mol. The largest absolute Gasteiger partial charge is 0.314 e. The van der Waals surface area contributed by atoms with Crippen LogP contribution in [0, 0.1) is 5.92 Å². The number of nitrogens with zero attached hydrogens (tertiary/aromatic N) is 3. The minimum atomic E-state index is 0.600. The zero-order valence-corrected chi connectivity index (χ0v) is 11.4. The van der Waals surface area contributed by atoms with E-state index in [9.17, 15) is 0 Å². The number of piperidine rings is 1. The third-order valence-corrected chi connectivity index (χ3v) is 4.60. The number of aromatic amines is 1. The van der Waals surface area contributed by atoms with Crippen LogP contribution in [0.1, 0.15) is 50.8 Å². The molecule has 1 aliphatic heterocycles. The lowest BCUT2D eigenvalue weighted by Crippen LogP contribution is -2.50. The average Bonchev–Trinajstić information content (AvgIpc) is 3.00. The lowest BCUT2D eigenvalue weighted by molar-refractivity contribution is 0.180. The van der Waals surface area contributed by atoms with Gasteiger partial charge in [0, 0.05) is 12.1 Å². The number of H-pyrrole nitrogens is 1. The Morgan fingerprint density at radius 3 is 2.79 bits per heavy atom. The molecule has 3 N–H and O–H groups in total. The van der Waals surface area contributed by atoms with E-state index >= 15 is 0 Å². The molecular weight excluding hydrogens is 240 g/mol. The standard InChI is InChI=1S/C13H24N6/c1-2-6-12(15-9-13-16-18-19-17-13)10(5-1)11-7-3-4-8-14-11/h10-12,14-15H,1-9H2,(H,16,17,18,19). The highest BCUT2D eigenvalue weighted by Gasteiger charge is 2.32. The van der Waals surface area contributed by atoms with Crippen LogP contribution in [0.25, 0.3) is 0 Å². The van der Waals surface area contributed by atoms with E-state index in [0.717, 1.165) is 18.3 Å². The van der Waals surface area contributed by atoms with Gasteiger partial charge in [0.2, 0.25) is 0 Å². The van der Waals surface area contributed by atoms with E-state index in [4.69, 9.17) is 0 Å². The van der Waals surface area contributed by atoms with Crippen molar-refractivity contribution in [1.82, 2.24) is 31.3 Å². The molecule has 2 fully saturated rings. The first-order valence-electron chi connectivity index (χ1n) is 7.62. The topological polar surface area (TPSA) is 78.5 Å². The summed E-state index contributed by atoms with van der Waals surface area (Å²) in [5, 5.41) is 21.5. The van der Waals surface area contributed by atoms with E-state index in [0.29, 0.717) is 12.1 Å². The van der Waals surface area contributed by atoms with Gasteiger partial charge in [0.05, 0.1) is 6.54 Å². The van der Waals surface area contributed by atoms with Gasteiger partial charge in [-0.05, 0) is 38.1 Å². The van der Waals surface area contributed by atoms with E-state index in [1.807, 2.05) is 0 Å². The van der Waals surface area contributed by atoms with Gasteiger partial charge in [-0.1, -0.05) is 24.5 Å². The molecule has 3 atom stereocenters. The summed E-state index contributed by atoms with van der Waals surface area (Å²) in [4.78, 5) is 0. The van der Waals surface area contributed by atoms with Crippen molar-refractivity contribution in [3.8, 4) is 0 Å². The average molecular weight is 264 g/mol. The van der Waals surface area contributed by atoms with Crippen LogP contribution in [0.15, 0.2) is 0 Å². The van der Waals surface area contributed by atoms with Crippen molar-refractivity contribution < 1.29 is 0 Å². The van der Waals surface area contributed by atoms with E-state index in [1.54, 1.807) is 0 Å². The fraction of sp³-hybridized carbons (Fsp3) is 0.923. The van der Waals surface area contributed by atoms with E-state index in [2.05, 4.69) is 31.3 Å². The third-order valence-electron chi connectivity index (χ3n) is 4.60. The monoisotopic (exact) mass is 264 g/mol. The number of rotatable bonds is 4. The predicted octanol–water partition coefficient (Wildman–Crippen LogP) is 0.990. The highest BCUT2D eigenvalue weighted by atomic mass is 15.5. The number of nitrogens with one attached hydrogen (secondary N) is 3. The molecule has 2 aliphatic rings. The molecule has 1 aliphatic carbocycles. The molecule has 2 heterocycles. The molecule has 19 heavy (non-hydrogen) atoms. The molecule has 106 valence electrons. The van der Waals surface area contributed by atoms with Gasteiger partial charge in [0.25, 0.3) is 0 Å². The normalized spacial score (nSPS) is 32.3. The van der Waals surface area contributed by atoms with Crippen LogP contribution in [-0.2, 0) is 6.54 Å². The first-order chi connectivity index (χ1) is 9.43. The molecule has 0 radical (unpaired) electrons. The van der Waals surface area contributed by atoms with Crippen molar-refractivity contribution in [3.63, 3.8) is 0 Å². The number of hydrogen-bond acceptors (Lipinski definition) is 5. The third kappa shape index (κ3) is 3.30. The molecule has 0 bridgehead atoms. The van der Waals surface area contributed by atoms with Crippen LogP contribution in [0.4, 0.5) is 0 Å². The second-order valence-electron chi connectivity index (χ2n) is 5.82. The van der Waals surface area contributed by atoms with Gasteiger partial charge in [0.1, 0.15) is 0 Å². The number of aromatic nitrogens is 4. The SMILES string of the molecule is C1CCC(C2CCCCC2NCc2nn[nH]n2)NC1. The van der Waals surface area contributed by atoms with Gasteiger partial charge >= 0.3 is 0 Å². The Balaban J connectivity index is 1.56. The van der Waals surface area contributed by atoms with E-state index < -0.39 is 0 Å². The van der Waals surface area contributed by atoms with Gasteiger partial charge in [-0.2, -0.15) is 5.21 Å². The summed E-state index contributed by atoms with van der Waals surface area (Å²) in [6.45, 7) is 1.92. The maximum atomic E-state index is 4.01. The van der Waals surface area contributed by atoms with E-state index in [1.165, 1.54) is 51.5 Å². The molecule has 1 aromatic heterocycles. The summed E-state index contributed by atoms with van der Waals surface area (Å²) in [7, 11) is 0. The molecule has 6 heteroatoms. The molecule has 0 aromatic carbocycles. The summed E-state index contributed by atoms with van der Waals surface area (Å²) < 4.78 is 0. The Bertz CT molecular complexity index is 359. The lowest BCUT2D eigenvalue weighted by atomic mass is 9.77. The Labute approximate surface area is 114 Å². The minimum Gasteiger partial charge on any atom is -0.314 e. The number of hydrogen-bond donors (Lipinski definition) is 3. The van der Waals surface area contributed by atoms with Crippen LogP contribution in [0.5, 0.6) is 0 Å². The van der Waals surface area contributed by atoms with Gasteiger partial charge in [0.15, 0.2) is 5.82 Å². The summed E-state index contributed by atoms with van der Waals surface area (Å²) in [5.74, 6) is 1.53. The highest BCUT2D eigenvalue weighted by molar-refractivity contribution is 4.91. The molecule has 1 aromatic rings. The molecule has 6 nitrogen and oxygen atoms in total. The van der Waals surface area contributed by atoms with E-state index in [-0.39, 0.29) is 0 Å². The van der Waals surface area contributed by atoms with Gasteiger partial charge in [-0.3, -0.25) is 0 Å². The summed E-state index contributed by atoms with van der Waals surface area (Å²) in [6, 6.07) is 1.31. The Morgan fingerprint density at radius 1 is 1.11 bits per heavy atom. The minimum absolute atomic E-state index is 0.600. The van der Waals surface area contributed by atoms with Crippen molar-refractivity contribution >= 4 is 0 Å². The fourth-order valence-corrected chi connectivity index (χ4v) is 3.62. The quantitative estimate of drug-likeness (QED) is 0.756. The molecule has 1 saturated carbocycles. The lowest BCUT2D eigenvalue weighted by Gasteiger charge is -2.39. The Hall–Kier alpha value is -1.01. The molecule has 1 saturated heterocycles. The highest BCUT2D eigenvalue weighted by Crippen LogP contribution is 2.30. The van der Waals surface area contributed by atoms with Crippen molar-refractivity contribution in [2.24, 2.45) is 5.92 Å². The van der Waals surface area contributed by atoms with Gasteiger partial charge < -0.3 is 10.6 Å². The first kappa shape index (κ1) is 13.0. The van der Waals surface area contributed by atoms with Crippen molar-refractivity contribution in [1.29, 1.82) is 0 Å². The molecular formula is C13H24N6. The second kappa shape index (κ2) is 6.43.